The third-order valence-corrected chi connectivity index (χ3v) is 4.23. The molecule has 2 aliphatic heterocycles. The van der Waals surface area contributed by atoms with Gasteiger partial charge in [-0.05, 0) is 42.0 Å². The lowest BCUT2D eigenvalue weighted by molar-refractivity contribution is -0.126. The Bertz CT molecular complexity index is 760. The molecule has 23 heavy (non-hydrogen) atoms. The van der Waals surface area contributed by atoms with Crippen LogP contribution in [0.25, 0.3) is 0 Å². The van der Waals surface area contributed by atoms with Gasteiger partial charge in [-0.3, -0.25) is 4.79 Å². The van der Waals surface area contributed by atoms with Crippen molar-refractivity contribution in [3.63, 3.8) is 0 Å². The molecule has 0 aromatic heterocycles. The number of fused-ring (bicyclic) bond motifs is 1. The van der Waals surface area contributed by atoms with E-state index < -0.39 is 6.04 Å². The number of methoxy groups -OCH3 is 1. The average molecular weight is 312 g/mol. The van der Waals surface area contributed by atoms with Gasteiger partial charge in [0.25, 0.3) is 0 Å². The minimum Gasteiger partial charge on any atom is -0.497 e. The third kappa shape index (κ3) is 2.10. The molecule has 4 rings (SSSR count). The Morgan fingerprint density at radius 1 is 1.13 bits per heavy atom. The first kappa shape index (κ1) is 13.9. The zero-order chi connectivity index (χ0) is 16.0. The second-order valence-electron chi connectivity index (χ2n) is 5.49. The SMILES string of the molecule is COc1ccc(N2C(=O)[C@@H](N)[C@H]2c2ccc3c(c2)OCO3)cc1. The molecule has 1 saturated heterocycles. The molecule has 118 valence electrons. The van der Waals surface area contributed by atoms with E-state index in [1.54, 1.807) is 12.0 Å². The molecular formula is C17H16N2O4. The van der Waals surface area contributed by atoms with Gasteiger partial charge in [-0.25, -0.2) is 0 Å². The fraction of sp³-hybridized carbons (Fsp3) is 0.235. The van der Waals surface area contributed by atoms with Crippen LogP contribution in [0.5, 0.6) is 17.2 Å². The maximum atomic E-state index is 12.2. The predicted molar refractivity (Wildman–Crippen MR) is 83.8 cm³/mol. The van der Waals surface area contributed by atoms with Gasteiger partial charge in [-0.15, -0.1) is 0 Å². The van der Waals surface area contributed by atoms with Crippen LogP contribution in [-0.4, -0.2) is 25.9 Å². The second-order valence-corrected chi connectivity index (χ2v) is 5.49. The number of carbonyl (C=O) groups excluding carboxylic acids is 1. The maximum absolute atomic E-state index is 12.2. The molecule has 2 heterocycles. The van der Waals surface area contributed by atoms with E-state index in [0.717, 1.165) is 17.0 Å². The monoisotopic (exact) mass is 312 g/mol. The second kappa shape index (κ2) is 5.17. The number of benzene rings is 2. The normalized spacial score (nSPS) is 22.0. The van der Waals surface area contributed by atoms with Gasteiger partial charge in [0, 0.05) is 5.69 Å². The lowest BCUT2D eigenvalue weighted by Crippen LogP contribution is -2.63. The molecule has 2 atom stereocenters. The number of nitrogens with two attached hydrogens (primary N) is 1. The summed E-state index contributed by atoms with van der Waals surface area (Å²) in [6.45, 7) is 0.219. The molecule has 2 aromatic carbocycles. The van der Waals surface area contributed by atoms with Crippen LogP contribution < -0.4 is 24.8 Å². The Hall–Kier alpha value is -2.73. The van der Waals surface area contributed by atoms with Crippen LogP contribution in [0.15, 0.2) is 42.5 Å². The fourth-order valence-corrected chi connectivity index (χ4v) is 3.00. The fourth-order valence-electron chi connectivity index (χ4n) is 3.00. The first-order valence-electron chi connectivity index (χ1n) is 7.31. The van der Waals surface area contributed by atoms with Crippen LogP contribution in [0.2, 0.25) is 0 Å². The summed E-state index contributed by atoms with van der Waals surface area (Å²) in [7, 11) is 1.61. The number of ether oxygens (including phenoxy) is 3. The predicted octanol–water partition coefficient (Wildman–Crippen LogP) is 1.84. The summed E-state index contributed by atoms with van der Waals surface area (Å²) in [5, 5.41) is 0. The van der Waals surface area contributed by atoms with E-state index in [9.17, 15) is 4.79 Å². The topological polar surface area (TPSA) is 74.0 Å². The molecule has 6 nitrogen and oxygen atoms in total. The molecule has 0 radical (unpaired) electrons. The van der Waals surface area contributed by atoms with E-state index in [2.05, 4.69) is 0 Å². The Labute approximate surface area is 133 Å². The maximum Gasteiger partial charge on any atom is 0.247 e. The van der Waals surface area contributed by atoms with Gasteiger partial charge in [-0.2, -0.15) is 0 Å². The first-order chi connectivity index (χ1) is 11.2. The van der Waals surface area contributed by atoms with Crippen LogP contribution in [0.1, 0.15) is 11.6 Å². The van der Waals surface area contributed by atoms with Crippen molar-refractivity contribution in [3.05, 3.63) is 48.0 Å². The van der Waals surface area contributed by atoms with Crippen LogP contribution in [0.4, 0.5) is 5.69 Å². The summed E-state index contributed by atoms with van der Waals surface area (Å²) in [5.74, 6) is 2.04. The van der Waals surface area contributed by atoms with Gasteiger partial charge >= 0.3 is 0 Å². The van der Waals surface area contributed by atoms with Crippen molar-refractivity contribution >= 4 is 11.6 Å². The van der Waals surface area contributed by atoms with E-state index >= 15 is 0 Å². The number of hydrogen-bond donors (Lipinski definition) is 1. The van der Waals surface area contributed by atoms with Crippen LogP contribution >= 0.6 is 0 Å². The molecule has 0 saturated carbocycles. The van der Waals surface area contributed by atoms with Crippen LogP contribution in [0, 0.1) is 0 Å². The van der Waals surface area contributed by atoms with Crippen molar-refractivity contribution < 1.29 is 19.0 Å². The highest BCUT2D eigenvalue weighted by molar-refractivity contribution is 6.05. The van der Waals surface area contributed by atoms with Crippen molar-refractivity contribution in [1.29, 1.82) is 0 Å². The Kier molecular flexibility index (Phi) is 3.12. The molecule has 2 aromatic rings. The van der Waals surface area contributed by atoms with Crippen molar-refractivity contribution in [2.45, 2.75) is 12.1 Å². The zero-order valence-electron chi connectivity index (χ0n) is 12.6. The zero-order valence-corrected chi connectivity index (χ0v) is 12.6. The molecule has 0 unspecified atom stereocenters. The molecule has 1 fully saturated rings. The van der Waals surface area contributed by atoms with Gasteiger partial charge in [-0.1, -0.05) is 6.07 Å². The smallest absolute Gasteiger partial charge is 0.247 e. The van der Waals surface area contributed by atoms with E-state index in [1.165, 1.54) is 0 Å². The Morgan fingerprint density at radius 2 is 1.87 bits per heavy atom. The molecule has 1 amide bonds. The highest BCUT2D eigenvalue weighted by Crippen LogP contribution is 2.42. The summed E-state index contributed by atoms with van der Waals surface area (Å²) in [6, 6.07) is 12.2. The highest BCUT2D eigenvalue weighted by Gasteiger charge is 2.47. The van der Waals surface area contributed by atoms with Crippen molar-refractivity contribution in [2.24, 2.45) is 5.73 Å². The lowest BCUT2D eigenvalue weighted by Gasteiger charge is -2.45. The largest absolute Gasteiger partial charge is 0.497 e. The number of β-lactam (4-membered cyclic amide) rings is 1. The number of rotatable bonds is 3. The van der Waals surface area contributed by atoms with Crippen LogP contribution in [-0.2, 0) is 4.79 Å². The quantitative estimate of drug-likeness (QED) is 0.875. The lowest BCUT2D eigenvalue weighted by atomic mass is 9.88. The molecule has 2 N–H and O–H groups in total. The van der Waals surface area contributed by atoms with Gasteiger partial charge < -0.3 is 24.8 Å². The van der Waals surface area contributed by atoms with E-state index in [-0.39, 0.29) is 18.7 Å². The molecular weight excluding hydrogens is 296 g/mol. The van der Waals surface area contributed by atoms with Gasteiger partial charge in [0.2, 0.25) is 12.7 Å². The molecule has 6 heteroatoms. The summed E-state index contributed by atoms with van der Waals surface area (Å²) in [6.07, 6.45) is 0. The number of anilines is 1. The summed E-state index contributed by atoms with van der Waals surface area (Å²) in [5.41, 5.74) is 7.76. The minimum atomic E-state index is -0.558. The molecule has 0 spiro atoms. The summed E-state index contributed by atoms with van der Waals surface area (Å²) < 4.78 is 15.9. The Balaban J connectivity index is 1.67. The van der Waals surface area contributed by atoms with Crippen molar-refractivity contribution in [3.8, 4) is 17.2 Å². The van der Waals surface area contributed by atoms with Gasteiger partial charge in [0.05, 0.1) is 13.2 Å². The van der Waals surface area contributed by atoms with Crippen molar-refractivity contribution in [1.82, 2.24) is 0 Å². The van der Waals surface area contributed by atoms with Gasteiger partial charge in [0.15, 0.2) is 11.5 Å². The standard InChI is InChI=1S/C17H16N2O4/c1-21-12-5-3-11(4-6-12)19-16(15(18)17(19)20)10-2-7-13-14(8-10)23-9-22-13/h2-8,15-16H,9,18H2,1H3/t15-,16+/m0/s1. The van der Waals surface area contributed by atoms with E-state index in [4.69, 9.17) is 19.9 Å². The van der Waals surface area contributed by atoms with Gasteiger partial charge in [0.1, 0.15) is 11.8 Å². The molecule has 0 bridgehead atoms. The third-order valence-electron chi connectivity index (χ3n) is 4.23. The van der Waals surface area contributed by atoms with Crippen LogP contribution in [0.3, 0.4) is 0 Å². The highest BCUT2D eigenvalue weighted by atomic mass is 16.7. The number of hydrogen-bond acceptors (Lipinski definition) is 5. The summed E-state index contributed by atoms with van der Waals surface area (Å²) >= 11 is 0. The first-order valence-corrected chi connectivity index (χ1v) is 7.31. The molecule has 2 aliphatic rings. The number of carbonyl (C=O) groups is 1. The summed E-state index contributed by atoms with van der Waals surface area (Å²) in [4.78, 5) is 13.9. The van der Waals surface area contributed by atoms with E-state index in [1.807, 2.05) is 42.5 Å². The minimum absolute atomic E-state index is 0.0992. The van der Waals surface area contributed by atoms with E-state index in [0.29, 0.717) is 11.5 Å². The number of amides is 1. The van der Waals surface area contributed by atoms with Crippen molar-refractivity contribution in [2.75, 3.05) is 18.8 Å². The molecule has 0 aliphatic carbocycles. The average Bonchev–Trinajstić information content (AvgIpc) is 3.06. The Morgan fingerprint density at radius 3 is 2.61 bits per heavy atom. The number of nitrogens with zero attached hydrogens (tertiary/aromatic N) is 1.